The molecule has 4 heteroatoms. The van der Waals surface area contributed by atoms with E-state index in [1.165, 1.54) is 5.01 Å². The topological polar surface area (TPSA) is 24.9 Å². The highest BCUT2D eigenvalue weighted by molar-refractivity contribution is 14.1. The highest BCUT2D eigenvalue weighted by Gasteiger charge is 2.03. The van der Waals surface area contributed by atoms with E-state index in [0.717, 1.165) is 5.00 Å². The van der Waals surface area contributed by atoms with Crippen LogP contribution in [0.3, 0.4) is 0 Å². The van der Waals surface area contributed by atoms with E-state index in [9.17, 15) is 0 Å². The van der Waals surface area contributed by atoms with Crippen LogP contribution in [-0.4, -0.2) is 4.98 Å². The summed E-state index contributed by atoms with van der Waals surface area (Å²) in [6, 6.07) is 0. The number of nitrogens with zero attached hydrogens (tertiary/aromatic N) is 1. The number of hydrogen-bond acceptors (Lipinski definition) is 3. The van der Waals surface area contributed by atoms with Gasteiger partial charge in [0.15, 0.2) is 0 Å². The Morgan fingerprint density at radius 3 is 2.70 bits per heavy atom. The summed E-state index contributed by atoms with van der Waals surface area (Å²) >= 11 is 3.82. The molecule has 0 unspecified atom stereocenters. The number of anilines is 1. The quantitative estimate of drug-likeness (QED) is 0.658. The second kappa shape index (κ2) is 3.52. The van der Waals surface area contributed by atoms with Crippen molar-refractivity contribution in [2.45, 2.75) is 19.8 Å². The molecule has 0 saturated heterocycles. The van der Waals surface area contributed by atoms with Gasteiger partial charge in [0.05, 0.1) is 34.1 Å². The summed E-state index contributed by atoms with van der Waals surface area (Å²) in [5.41, 5.74) is 0. The van der Waals surface area contributed by atoms with Gasteiger partial charge in [0.2, 0.25) is 0 Å². The average molecular weight is 268 g/mol. The minimum absolute atomic E-state index is 0.545. The van der Waals surface area contributed by atoms with Crippen molar-refractivity contribution in [2.24, 2.45) is 0 Å². The molecular weight excluding hydrogens is 259 g/mol. The Labute approximate surface area is 78.6 Å². The standard InChI is InChI=1S/C6H9IN2S/c1-4(2)6-8-3-5(9-7)10-6/h3-4,9H,1-2H3. The van der Waals surface area contributed by atoms with E-state index in [4.69, 9.17) is 0 Å². The van der Waals surface area contributed by atoms with E-state index in [0.29, 0.717) is 5.92 Å². The molecule has 0 amide bonds. The predicted octanol–water partition coefficient (Wildman–Crippen LogP) is 3.03. The van der Waals surface area contributed by atoms with Crippen molar-refractivity contribution >= 4 is 39.2 Å². The van der Waals surface area contributed by atoms with E-state index in [1.807, 2.05) is 6.20 Å². The summed E-state index contributed by atoms with van der Waals surface area (Å²) in [5.74, 6) is 0.545. The largest absolute Gasteiger partial charge is 0.319 e. The van der Waals surface area contributed by atoms with Crippen LogP contribution in [0.25, 0.3) is 0 Å². The van der Waals surface area contributed by atoms with Crippen LogP contribution in [0.1, 0.15) is 24.8 Å². The van der Waals surface area contributed by atoms with Gasteiger partial charge in [-0.15, -0.1) is 11.3 Å². The van der Waals surface area contributed by atoms with Crippen molar-refractivity contribution in [1.82, 2.24) is 4.98 Å². The fourth-order valence-corrected chi connectivity index (χ4v) is 1.78. The van der Waals surface area contributed by atoms with Crippen LogP contribution in [0, 0.1) is 0 Å². The zero-order chi connectivity index (χ0) is 7.56. The molecule has 0 fully saturated rings. The third kappa shape index (κ3) is 1.82. The lowest BCUT2D eigenvalue weighted by Crippen LogP contribution is -1.81. The van der Waals surface area contributed by atoms with Gasteiger partial charge in [-0.2, -0.15) is 0 Å². The molecule has 56 valence electrons. The number of hydrogen-bond donors (Lipinski definition) is 1. The van der Waals surface area contributed by atoms with Crippen molar-refractivity contribution in [2.75, 3.05) is 3.53 Å². The Morgan fingerprint density at radius 1 is 1.70 bits per heavy atom. The summed E-state index contributed by atoms with van der Waals surface area (Å²) in [5, 5.41) is 2.32. The van der Waals surface area contributed by atoms with E-state index >= 15 is 0 Å². The third-order valence-electron chi connectivity index (χ3n) is 1.11. The van der Waals surface area contributed by atoms with E-state index in [-0.39, 0.29) is 0 Å². The van der Waals surface area contributed by atoms with Gasteiger partial charge in [-0.1, -0.05) is 13.8 Å². The number of halogens is 1. The molecule has 2 nitrogen and oxygen atoms in total. The zero-order valence-corrected chi connectivity index (χ0v) is 8.86. The first-order valence-corrected chi connectivity index (χ1v) is 4.96. The molecule has 0 aliphatic rings. The van der Waals surface area contributed by atoms with Crippen molar-refractivity contribution in [1.29, 1.82) is 0 Å². The lowest BCUT2D eigenvalue weighted by atomic mass is 10.2. The fourth-order valence-electron chi connectivity index (χ4n) is 0.598. The highest BCUT2D eigenvalue weighted by atomic mass is 127. The first-order chi connectivity index (χ1) is 4.74. The summed E-state index contributed by atoms with van der Waals surface area (Å²) in [6.07, 6.45) is 1.87. The van der Waals surface area contributed by atoms with Crippen LogP contribution in [0.2, 0.25) is 0 Å². The fraction of sp³-hybridized carbons (Fsp3) is 0.500. The lowest BCUT2D eigenvalue weighted by molar-refractivity contribution is 0.852. The molecule has 10 heavy (non-hydrogen) atoms. The Bertz CT molecular complexity index is 209. The summed E-state index contributed by atoms with van der Waals surface area (Å²) in [6.45, 7) is 4.30. The first kappa shape index (κ1) is 8.26. The maximum Gasteiger partial charge on any atom is 0.117 e. The second-order valence-corrected chi connectivity index (χ2v) is 3.91. The van der Waals surface area contributed by atoms with Gasteiger partial charge in [0, 0.05) is 5.92 Å². The number of thiazole rings is 1. The lowest BCUT2D eigenvalue weighted by Gasteiger charge is -1.94. The molecule has 0 aliphatic heterocycles. The molecule has 1 rings (SSSR count). The van der Waals surface area contributed by atoms with E-state index < -0.39 is 0 Å². The van der Waals surface area contributed by atoms with Crippen LogP contribution in [0.4, 0.5) is 5.00 Å². The summed E-state index contributed by atoms with van der Waals surface area (Å²) in [4.78, 5) is 4.24. The predicted molar refractivity (Wildman–Crippen MR) is 53.8 cm³/mol. The average Bonchev–Trinajstić information content (AvgIpc) is 2.34. The molecule has 1 N–H and O–H groups in total. The van der Waals surface area contributed by atoms with Crippen molar-refractivity contribution in [3.05, 3.63) is 11.2 Å². The zero-order valence-electron chi connectivity index (χ0n) is 5.89. The molecule has 0 bridgehead atoms. The molecule has 0 spiro atoms. The molecule has 0 aromatic carbocycles. The molecule has 0 aliphatic carbocycles. The Kier molecular flexibility index (Phi) is 2.91. The number of rotatable bonds is 2. The highest BCUT2D eigenvalue weighted by Crippen LogP contribution is 2.25. The number of aromatic nitrogens is 1. The minimum atomic E-state index is 0.545. The van der Waals surface area contributed by atoms with Crippen LogP contribution >= 0.6 is 34.2 Å². The molecule has 1 aromatic rings. The Balaban J connectivity index is 2.78. The van der Waals surface area contributed by atoms with Crippen LogP contribution in [-0.2, 0) is 0 Å². The Hall–Kier alpha value is 0.160. The smallest absolute Gasteiger partial charge is 0.117 e. The maximum absolute atomic E-state index is 4.24. The summed E-state index contributed by atoms with van der Waals surface area (Å²) < 4.78 is 3.03. The molecule has 0 saturated carbocycles. The van der Waals surface area contributed by atoms with Gasteiger partial charge in [-0.3, -0.25) is 0 Å². The van der Waals surface area contributed by atoms with Gasteiger partial charge in [-0.25, -0.2) is 4.98 Å². The maximum atomic E-state index is 4.24. The van der Waals surface area contributed by atoms with Crippen LogP contribution < -0.4 is 3.53 Å². The molecule has 0 radical (unpaired) electrons. The SMILES string of the molecule is CC(C)c1ncc(NI)s1. The van der Waals surface area contributed by atoms with Crippen molar-refractivity contribution in [3.63, 3.8) is 0 Å². The van der Waals surface area contributed by atoms with Gasteiger partial charge in [0.1, 0.15) is 5.00 Å². The van der Waals surface area contributed by atoms with Gasteiger partial charge >= 0.3 is 0 Å². The van der Waals surface area contributed by atoms with E-state index in [1.54, 1.807) is 11.3 Å². The minimum Gasteiger partial charge on any atom is -0.319 e. The van der Waals surface area contributed by atoms with Crippen molar-refractivity contribution < 1.29 is 0 Å². The van der Waals surface area contributed by atoms with E-state index in [2.05, 4.69) is 45.2 Å². The molecule has 1 aromatic heterocycles. The van der Waals surface area contributed by atoms with Crippen LogP contribution in [0.5, 0.6) is 0 Å². The van der Waals surface area contributed by atoms with Gasteiger partial charge in [0.25, 0.3) is 0 Å². The van der Waals surface area contributed by atoms with Gasteiger partial charge in [-0.05, 0) is 0 Å². The van der Waals surface area contributed by atoms with Crippen molar-refractivity contribution in [3.8, 4) is 0 Å². The van der Waals surface area contributed by atoms with Gasteiger partial charge < -0.3 is 3.53 Å². The monoisotopic (exact) mass is 268 g/mol. The first-order valence-electron chi connectivity index (χ1n) is 3.06. The molecule has 0 atom stereocenters. The third-order valence-corrected chi connectivity index (χ3v) is 3.27. The number of nitrogens with one attached hydrogen (secondary N) is 1. The summed E-state index contributed by atoms with van der Waals surface area (Å²) in [7, 11) is 0. The second-order valence-electron chi connectivity index (χ2n) is 2.31. The molecule has 1 heterocycles. The molecular formula is C6H9IN2S. The normalized spacial score (nSPS) is 10.4. The van der Waals surface area contributed by atoms with Crippen LogP contribution in [0.15, 0.2) is 6.20 Å². The Morgan fingerprint density at radius 2 is 2.40 bits per heavy atom.